The number of aromatic amines is 1. The zero-order chi connectivity index (χ0) is 10.6. The topological polar surface area (TPSA) is 92.5 Å². The lowest BCUT2D eigenvalue weighted by Crippen LogP contribution is -2.06. The lowest BCUT2D eigenvalue weighted by atomic mass is 10.2. The van der Waals surface area contributed by atoms with Gasteiger partial charge in [-0.05, 0) is 13.0 Å². The molecule has 0 radical (unpaired) electrons. The Bertz CT molecular complexity index is 386. The number of hydrogen-bond acceptors (Lipinski definition) is 2. The molecule has 0 amide bonds. The molecule has 1 aromatic rings. The molecule has 0 atom stereocenters. The molecular weight excluding hydrogens is 178 g/mol. The molecule has 0 aliphatic carbocycles. The first-order valence-electron chi connectivity index (χ1n) is 4.07. The minimum absolute atomic E-state index is 0.357. The van der Waals surface area contributed by atoms with Crippen molar-refractivity contribution in [1.29, 1.82) is 0 Å². The summed E-state index contributed by atoms with van der Waals surface area (Å²) in [4.78, 5) is 6.91. The highest BCUT2D eigenvalue weighted by atomic mass is 15.2. The van der Waals surface area contributed by atoms with Crippen LogP contribution in [0.4, 0.5) is 0 Å². The van der Waals surface area contributed by atoms with Crippen LogP contribution in [-0.2, 0) is 0 Å². The molecule has 0 fully saturated rings. The molecule has 0 saturated carbocycles. The quantitative estimate of drug-likeness (QED) is 0.276. The van der Waals surface area contributed by atoms with Crippen LogP contribution < -0.4 is 11.6 Å². The number of nitrogens with two attached hydrogens (primary N) is 2. The highest BCUT2D eigenvalue weighted by Crippen LogP contribution is 2.13. The van der Waals surface area contributed by atoms with E-state index in [1.54, 1.807) is 6.08 Å². The summed E-state index contributed by atoms with van der Waals surface area (Å²) in [6, 6.07) is 1.93. The van der Waals surface area contributed by atoms with Gasteiger partial charge >= 0.3 is 0 Å². The van der Waals surface area contributed by atoms with Crippen molar-refractivity contribution in [3.8, 4) is 0 Å². The molecule has 0 aliphatic heterocycles. The number of nitrogens with one attached hydrogen (secondary N) is 1. The average molecular weight is 191 g/mol. The zero-order valence-electron chi connectivity index (χ0n) is 7.99. The summed E-state index contributed by atoms with van der Waals surface area (Å²) in [7, 11) is 0. The number of nitrogens with zero attached hydrogens (tertiary/aromatic N) is 2. The van der Waals surface area contributed by atoms with E-state index in [1.165, 1.54) is 0 Å². The standard InChI is InChI=1S/C9H13N5/c1-3-7-4-6(2)13-8(7)9(14-11)12-5-10/h3-5,13H,1,11H2,2H3,(H2,10,12,14). The van der Waals surface area contributed by atoms with Crippen molar-refractivity contribution in [2.24, 2.45) is 21.7 Å². The molecule has 0 saturated heterocycles. The maximum absolute atomic E-state index is 5.19. The van der Waals surface area contributed by atoms with Crippen molar-refractivity contribution in [2.45, 2.75) is 6.92 Å². The number of hydrazone groups is 1. The van der Waals surface area contributed by atoms with Crippen LogP contribution in [0.3, 0.4) is 0 Å². The first-order chi connectivity index (χ1) is 6.72. The van der Waals surface area contributed by atoms with Crippen LogP contribution in [0, 0.1) is 6.92 Å². The Hall–Kier alpha value is -2.04. The van der Waals surface area contributed by atoms with E-state index < -0.39 is 0 Å². The van der Waals surface area contributed by atoms with Gasteiger partial charge in [-0.25, -0.2) is 4.99 Å². The lowest BCUT2D eigenvalue weighted by molar-refractivity contribution is 1.19. The molecule has 5 nitrogen and oxygen atoms in total. The molecule has 14 heavy (non-hydrogen) atoms. The smallest absolute Gasteiger partial charge is 0.197 e. The van der Waals surface area contributed by atoms with Gasteiger partial charge in [-0.2, -0.15) is 5.10 Å². The van der Waals surface area contributed by atoms with Crippen LogP contribution in [-0.4, -0.2) is 17.2 Å². The number of aromatic nitrogens is 1. The van der Waals surface area contributed by atoms with Crippen LogP contribution in [0.2, 0.25) is 0 Å². The minimum atomic E-state index is 0.357. The van der Waals surface area contributed by atoms with Crippen molar-refractivity contribution >= 4 is 18.3 Å². The summed E-state index contributed by atoms with van der Waals surface area (Å²) >= 11 is 0. The van der Waals surface area contributed by atoms with E-state index in [2.05, 4.69) is 21.7 Å². The first-order valence-corrected chi connectivity index (χ1v) is 4.07. The highest BCUT2D eigenvalue weighted by Gasteiger charge is 2.08. The van der Waals surface area contributed by atoms with Crippen molar-refractivity contribution in [2.75, 3.05) is 0 Å². The van der Waals surface area contributed by atoms with E-state index in [-0.39, 0.29) is 0 Å². The summed E-state index contributed by atoms with van der Waals surface area (Å²) < 4.78 is 0. The van der Waals surface area contributed by atoms with E-state index in [0.29, 0.717) is 5.84 Å². The fourth-order valence-electron chi connectivity index (χ4n) is 1.19. The third kappa shape index (κ3) is 1.82. The van der Waals surface area contributed by atoms with Crippen LogP contribution in [0.1, 0.15) is 17.0 Å². The SMILES string of the molecule is C=Cc1cc(C)[nH]c1/C(N=CN)=N/N. The number of amidine groups is 1. The zero-order valence-corrected chi connectivity index (χ0v) is 7.99. The predicted molar refractivity (Wildman–Crippen MR) is 59.0 cm³/mol. The largest absolute Gasteiger partial charge is 0.390 e. The monoisotopic (exact) mass is 191 g/mol. The second kappa shape index (κ2) is 4.27. The molecule has 5 heteroatoms. The summed E-state index contributed by atoms with van der Waals surface area (Å²) in [6.07, 6.45) is 2.85. The van der Waals surface area contributed by atoms with Gasteiger partial charge in [-0.15, -0.1) is 0 Å². The number of aryl methyl sites for hydroxylation is 1. The second-order valence-corrected chi connectivity index (χ2v) is 2.72. The molecule has 1 heterocycles. The number of H-pyrrole nitrogens is 1. The van der Waals surface area contributed by atoms with Crippen molar-refractivity contribution in [3.63, 3.8) is 0 Å². The Balaban J connectivity index is 3.22. The Morgan fingerprint density at radius 1 is 1.64 bits per heavy atom. The van der Waals surface area contributed by atoms with E-state index in [9.17, 15) is 0 Å². The van der Waals surface area contributed by atoms with Gasteiger partial charge in [-0.1, -0.05) is 12.7 Å². The third-order valence-electron chi connectivity index (χ3n) is 1.75. The normalized spacial score (nSPS) is 12.2. The van der Waals surface area contributed by atoms with Gasteiger partial charge in [0, 0.05) is 11.3 Å². The van der Waals surface area contributed by atoms with E-state index in [0.717, 1.165) is 23.3 Å². The summed E-state index contributed by atoms with van der Waals surface area (Å²) in [6.45, 7) is 5.61. The molecule has 0 aliphatic rings. The first kappa shape index (κ1) is 10.0. The third-order valence-corrected chi connectivity index (χ3v) is 1.75. The van der Waals surface area contributed by atoms with E-state index in [4.69, 9.17) is 11.6 Å². The summed E-state index contributed by atoms with van der Waals surface area (Å²) in [5.41, 5.74) is 7.79. The van der Waals surface area contributed by atoms with Crippen LogP contribution >= 0.6 is 0 Å². The number of aliphatic imine (C=N–C) groups is 1. The maximum Gasteiger partial charge on any atom is 0.197 e. The summed E-state index contributed by atoms with van der Waals surface area (Å²) in [5.74, 6) is 5.55. The van der Waals surface area contributed by atoms with Crippen LogP contribution in [0.25, 0.3) is 6.08 Å². The van der Waals surface area contributed by atoms with Crippen molar-refractivity contribution < 1.29 is 0 Å². The Morgan fingerprint density at radius 3 is 2.86 bits per heavy atom. The molecule has 1 aromatic heterocycles. The second-order valence-electron chi connectivity index (χ2n) is 2.72. The molecular formula is C9H13N5. The molecule has 0 bridgehead atoms. The molecule has 0 unspecified atom stereocenters. The van der Waals surface area contributed by atoms with Gasteiger partial charge in [0.2, 0.25) is 0 Å². The van der Waals surface area contributed by atoms with Gasteiger partial charge < -0.3 is 16.6 Å². The average Bonchev–Trinajstić information content (AvgIpc) is 2.55. The van der Waals surface area contributed by atoms with Crippen molar-refractivity contribution in [3.05, 3.63) is 29.6 Å². The molecule has 0 aromatic carbocycles. The molecule has 5 N–H and O–H groups in total. The molecule has 74 valence electrons. The Labute approximate surface area is 82.2 Å². The number of hydrogen-bond donors (Lipinski definition) is 3. The van der Waals surface area contributed by atoms with Gasteiger partial charge in [0.1, 0.15) is 0 Å². The van der Waals surface area contributed by atoms with Crippen LogP contribution in [0.15, 0.2) is 22.7 Å². The molecule has 0 spiro atoms. The summed E-state index contributed by atoms with van der Waals surface area (Å²) in [5, 5.41) is 3.53. The fourth-order valence-corrected chi connectivity index (χ4v) is 1.19. The van der Waals surface area contributed by atoms with E-state index in [1.807, 2.05) is 13.0 Å². The molecule has 1 rings (SSSR count). The van der Waals surface area contributed by atoms with Crippen molar-refractivity contribution in [1.82, 2.24) is 4.98 Å². The van der Waals surface area contributed by atoms with Gasteiger partial charge in [0.05, 0.1) is 12.0 Å². The van der Waals surface area contributed by atoms with E-state index >= 15 is 0 Å². The fraction of sp³-hybridized carbons (Fsp3) is 0.111. The number of rotatable bonds is 2. The van der Waals surface area contributed by atoms with Gasteiger partial charge in [0.15, 0.2) is 5.84 Å². The predicted octanol–water partition coefficient (Wildman–Crippen LogP) is 0.573. The van der Waals surface area contributed by atoms with Crippen LogP contribution in [0.5, 0.6) is 0 Å². The minimum Gasteiger partial charge on any atom is -0.390 e. The maximum atomic E-state index is 5.19. The highest BCUT2D eigenvalue weighted by molar-refractivity contribution is 6.03. The Kier molecular flexibility index (Phi) is 3.06. The van der Waals surface area contributed by atoms with Gasteiger partial charge in [-0.3, -0.25) is 0 Å². The Morgan fingerprint density at radius 2 is 2.36 bits per heavy atom. The lowest BCUT2D eigenvalue weighted by Gasteiger charge is -1.97. The van der Waals surface area contributed by atoms with Gasteiger partial charge in [0.25, 0.3) is 0 Å².